The summed E-state index contributed by atoms with van der Waals surface area (Å²) in [5.74, 6) is 0.310. The second-order valence-electron chi connectivity index (χ2n) is 9.41. The molecule has 2 aliphatic heterocycles. The number of likely N-dealkylation sites (tertiary alicyclic amines) is 1. The van der Waals surface area contributed by atoms with Gasteiger partial charge in [-0.15, -0.1) is 0 Å². The van der Waals surface area contributed by atoms with Crippen LogP contribution in [-0.2, 0) is 17.8 Å². The number of nitrogens with zero attached hydrogens (tertiary/aromatic N) is 4. The van der Waals surface area contributed by atoms with Gasteiger partial charge in [-0.2, -0.15) is 0 Å². The van der Waals surface area contributed by atoms with E-state index in [0.29, 0.717) is 42.8 Å². The fraction of sp³-hybridized carbons (Fsp3) is 0.440. The molecule has 6 rings (SSSR count). The number of aromatic amines is 1. The van der Waals surface area contributed by atoms with Gasteiger partial charge in [0.1, 0.15) is 0 Å². The van der Waals surface area contributed by atoms with E-state index >= 15 is 0 Å². The Bertz CT molecular complexity index is 1290. The van der Waals surface area contributed by atoms with Gasteiger partial charge in [0.25, 0.3) is 11.5 Å². The Morgan fingerprint density at radius 2 is 1.85 bits per heavy atom. The molecule has 0 spiro atoms. The molecular weight excluding hydrogens is 418 g/mol. The minimum absolute atomic E-state index is 0.00721. The Morgan fingerprint density at radius 1 is 1.03 bits per heavy atom. The third-order valence-electron chi connectivity index (χ3n) is 7.16. The van der Waals surface area contributed by atoms with Gasteiger partial charge in [0.2, 0.25) is 5.91 Å². The summed E-state index contributed by atoms with van der Waals surface area (Å²) in [7, 11) is 0. The third kappa shape index (κ3) is 3.53. The molecule has 8 heteroatoms. The van der Waals surface area contributed by atoms with Crippen LogP contribution in [0.2, 0.25) is 0 Å². The van der Waals surface area contributed by atoms with E-state index in [1.807, 2.05) is 41.3 Å². The van der Waals surface area contributed by atoms with E-state index in [1.54, 1.807) is 4.90 Å². The van der Waals surface area contributed by atoms with E-state index in [-0.39, 0.29) is 29.3 Å². The van der Waals surface area contributed by atoms with Gasteiger partial charge < -0.3 is 9.80 Å². The fourth-order valence-electron chi connectivity index (χ4n) is 5.19. The van der Waals surface area contributed by atoms with E-state index in [0.717, 1.165) is 43.5 Å². The number of nitrogens with one attached hydrogen (secondary N) is 1. The van der Waals surface area contributed by atoms with E-state index in [4.69, 9.17) is 4.98 Å². The van der Waals surface area contributed by atoms with Gasteiger partial charge in [-0.1, -0.05) is 18.2 Å². The number of hydrogen-bond donors (Lipinski definition) is 1. The van der Waals surface area contributed by atoms with Crippen LogP contribution in [0, 0.1) is 5.92 Å². The van der Waals surface area contributed by atoms with Crippen molar-refractivity contribution in [3.8, 4) is 0 Å². The zero-order valence-corrected chi connectivity index (χ0v) is 18.5. The second kappa shape index (κ2) is 7.86. The van der Waals surface area contributed by atoms with Crippen LogP contribution in [0.15, 0.2) is 41.2 Å². The lowest BCUT2D eigenvalue weighted by Gasteiger charge is -2.35. The lowest BCUT2D eigenvalue weighted by atomic mass is 9.98. The smallest absolute Gasteiger partial charge is 0.277 e. The Kier molecular flexibility index (Phi) is 4.81. The number of amides is 2. The molecule has 4 heterocycles. The van der Waals surface area contributed by atoms with Crippen molar-refractivity contribution in [1.29, 1.82) is 0 Å². The topological polar surface area (TPSA) is 90.8 Å². The molecule has 0 bridgehead atoms. The Balaban J connectivity index is 1.34. The van der Waals surface area contributed by atoms with Gasteiger partial charge in [0.15, 0.2) is 5.65 Å². The van der Waals surface area contributed by atoms with Gasteiger partial charge in [-0.05, 0) is 44.2 Å². The molecule has 1 aliphatic carbocycles. The molecule has 0 unspecified atom stereocenters. The minimum atomic E-state index is -0.147. The molecule has 170 valence electrons. The fourth-order valence-corrected chi connectivity index (χ4v) is 5.19. The number of benzene rings is 1. The molecule has 1 saturated heterocycles. The monoisotopic (exact) mass is 445 g/mol. The highest BCUT2D eigenvalue weighted by molar-refractivity contribution is 5.94. The van der Waals surface area contributed by atoms with Crippen molar-refractivity contribution >= 4 is 17.5 Å². The number of piperidine rings is 1. The van der Waals surface area contributed by atoms with Crippen LogP contribution >= 0.6 is 0 Å². The van der Waals surface area contributed by atoms with Crippen LogP contribution < -0.4 is 5.56 Å². The second-order valence-corrected chi connectivity index (χ2v) is 9.41. The summed E-state index contributed by atoms with van der Waals surface area (Å²) in [5.41, 5.74) is 3.32. The van der Waals surface area contributed by atoms with Crippen molar-refractivity contribution in [2.45, 2.75) is 51.1 Å². The van der Waals surface area contributed by atoms with Crippen LogP contribution in [-0.4, -0.2) is 49.3 Å². The van der Waals surface area contributed by atoms with Crippen LogP contribution in [0.5, 0.6) is 0 Å². The average molecular weight is 446 g/mol. The Morgan fingerprint density at radius 3 is 2.64 bits per heavy atom. The van der Waals surface area contributed by atoms with Crippen LogP contribution in [0.25, 0.3) is 5.65 Å². The number of carbonyl (C=O) groups is 2. The SMILES string of the molecule is O=C(C1CC1)N1CCc2nc3cc([C@H]4CCCCN4C(=O)c4ccccc4)[nH]n3c(=O)c2C1. The van der Waals surface area contributed by atoms with Gasteiger partial charge >= 0.3 is 0 Å². The summed E-state index contributed by atoms with van der Waals surface area (Å²) in [6.07, 6.45) is 5.34. The standard InChI is InChI=1S/C25H27N5O3/c31-23(17-9-10-17)28-13-11-19-18(15-28)25(33)30-22(26-19)14-20(27-30)21-8-4-5-12-29(21)24(32)16-6-2-1-3-7-16/h1-3,6-7,14,17,21,27H,4-5,8-13,15H2/t21-/m1/s1. The number of aromatic nitrogens is 3. The summed E-state index contributed by atoms with van der Waals surface area (Å²) >= 11 is 0. The van der Waals surface area contributed by atoms with Crippen molar-refractivity contribution in [2.75, 3.05) is 13.1 Å². The molecule has 0 radical (unpaired) electrons. The largest absolute Gasteiger partial charge is 0.337 e. The highest BCUT2D eigenvalue weighted by Crippen LogP contribution is 2.33. The normalized spacial score (nSPS) is 20.7. The minimum Gasteiger partial charge on any atom is -0.337 e. The first kappa shape index (κ1) is 20.2. The van der Waals surface area contributed by atoms with Gasteiger partial charge in [-0.3, -0.25) is 19.5 Å². The number of H-pyrrole nitrogens is 1. The van der Waals surface area contributed by atoms with Crippen LogP contribution in [0.1, 0.15) is 65.5 Å². The van der Waals surface area contributed by atoms with Gasteiger partial charge in [-0.25, -0.2) is 9.50 Å². The summed E-state index contributed by atoms with van der Waals surface area (Å²) in [6.45, 7) is 1.63. The van der Waals surface area contributed by atoms with Gasteiger partial charge in [0, 0.05) is 37.1 Å². The molecule has 1 aromatic carbocycles. The number of fused-ring (bicyclic) bond motifs is 2. The van der Waals surface area contributed by atoms with Crippen molar-refractivity contribution < 1.29 is 9.59 Å². The first-order valence-corrected chi connectivity index (χ1v) is 11.9. The highest BCUT2D eigenvalue weighted by atomic mass is 16.2. The lowest BCUT2D eigenvalue weighted by molar-refractivity contribution is -0.133. The number of hydrogen-bond acceptors (Lipinski definition) is 4. The van der Waals surface area contributed by atoms with E-state index in [2.05, 4.69) is 5.10 Å². The highest BCUT2D eigenvalue weighted by Gasteiger charge is 2.36. The molecule has 3 aromatic rings. The lowest BCUT2D eigenvalue weighted by Crippen LogP contribution is -2.41. The number of rotatable bonds is 3. The van der Waals surface area contributed by atoms with E-state index < -0.39 is 0 Å². The summed E-state index contributed by atoms with van der Waals surface area (Å²) in [6, 6.07) is 11.1. The molecule has 2 aromatic heterocycles. The molecule has 1 atom stereocenters. The number of carbonyl (C=O) groups excluding carboxylic acids is 2. The van der Waals surface area contributed by atoms with Crippen molar-refractivity contribution in [2.24, 2.45) is 5.92 Å². The van der Waals surface area contributed by atoms with Crippen LogP contribution in [0.4, 0.5) is 0 Å². The maximum atomic E-state index is 13.3. The Labute approximate surface area is 191 Å². The molecule has 1 saturated carbocycles. The molecule has 2 amide bonds. The summed E-state index contributed by atoms with van der Waals surface area (Å²) in [5, 5.41) is 3.24. The third-order valence-corrected chi connectivity index (χ3v) is 7.16. The quantitative estimate of drug-likeness (QED) is 0.671. The molecular formula is C25H27N5O3. The summed E-state index contributed by atoms with van der Waals surface area (Å²) in [4.78, 5) is 47.6. The Hall–Kier alpha value is -3.42. The predicted molar refractivity (Wildman–Crippen MR) is 122 cm³/mol. The average Bonchev–Trinajstić information content (AvgIpc) is 3.63. The van der Waals surface area contributed by atoms with Crippen molar-refractivity contribution in [1.82, 2.24) is 24.4 Å². The first-order valence-electron chi connectivity index (χ1n) is 11.9. The molecule has 8 nitrogen and oxygen atoms in total. The zero-order valence-electron chi connectivity index (χ0n) is 18.5. The first-order chi connectivity index (χ1) is 16.1. The molecule has 3 aliphatic rings. The maximum absolute atomic E-state index is 13.3. The van der Waals surface area contributed by atoms with Crippen LogP contribution in [0.3, 0.4) is 0 Å². The predicted octanol–water partition coefficient (Wildman–Crippen LogP) is 2.68. The maximum Gasteiger partial charge on any atom is 0.277 e. The zero-order chi connectivity index (χ0) is 22.5. The molecule has 1 N–H and O–H groups in total. The van der Waals surface area contributed by atoms with E-state index in [1.165, 1.54) is 4.52 Å². The molecule has 33 heavy (non-hydrogen) atoms. The molecule has 2 fully saturated rings. The van der Waals surface area contributed by atoms with Gasteiger partial charge in [0.05, 0.1) is 29.5 Å². The van der Waals surface area contributed by atoms with Crippen molar-refractivity contribution in [3.05, 3.63) is 69.3 Å². The van der Waals surface area contributed by atoms with E-state index in [9.17, 15) is 14.4 Å². The summed E-state index contributed by atoms with van der Waals surface area (Å²) < 4.78 is 1.49. The van der Waals surface area contributed by atoms with Crippen molar-refractivity contribution in [3.63, 3.8) is 0 Å².